The number of piperidine rings is 1. The van der Waals surface area contributed by atoms with Gasteiger partial charge in [0.25, 0.3) is 0 Å². The molecule has 2 saturated heterocycles. The van der Waals surface area contributed by atoms with Crippen LogP contribution in [-0.4, -0.2) is 54.7 Å². The van der Waals surface area contributed by atoms with Gasteiger partial charge in [-0.1, -0.05) is 6.92 Å². The van der Waals surface area contributed by atoms with Crippen LogP contribution in [0.5, 0.6) is 0 Å². The van der Waals surface area contributed by atoms with Crippen LogP contribution in [0.15, 0.2) is 0 Å². The van der Waals surface area contributed by atoms with E-state index in [1.54, 1.807) is 0 Å². The van der Waals surface area contributed by atoms with Crippen LogP contribution < -0.4 is 0 Å². The molecule has 4 heteroatoms. The van der Waals surface area contributed by atoms with Crippen molar-refractivity contribution in [2.45, 2.75) is 57.3 Å². The monoisotopic (exact) mass is 283 g/mol. The maximum Gasteiger partial charge on any atom is 0.161 e. The average molecular weight is 283 g/mol. The molecule has 1 saturated carbocycles. The van der Waals surface area contributed by atoms with Crippen LogP contribution in [-0.2, 0) is 9.47 Å². The first-order valence-electron chi connectivity index (χ1n) is 8.33. The van der Waals surface area contributed by atoms with Gasteiger partial charge in [-0.2, -0.15) is 0 Å². The molecule has 1 N–H and O–H groups in total. The van der Waals surface area contributed by atoms with Crippen LogP contribution in [0.2, 0.25) is 0 Å². The first-order valence-corrected chi connectivity index (χ1v) is 8.33. The molecule has 0 radical (unpaired) electrons. The van der Waals surface area contributed by atoms with Gasteiger partial charge in [0.1, 0.15) is 0 Å². The molecule has 4 nitrogen and oxygen atoms in total. The van der Waals surface area contributed by atoms with E-state index in [1.807, 2.05) is 0 Å². The average Bonchev–Trinajstić information content (AvgIpc) is 2.97. The van der Waals surface area contributed by atoms with Crippen molar-refractivity contribution in [1.29, 1.82) is 0 Å². The molecule has 3 aliphatic rings. The van der Waals surface area contributed by atoms with Gasteiger partial charge in [0.05, 0.1) is 18.8 Å². The molecule has 1 aliphatic carbocycles. The van der Waals surface area contributed by atoms with Crippen molar-refractivity contribution in [3.05, 3.63) is 0 Å². The molecule has 0 bridgehead atoms. The smallest absolute Gasteiger partial charge is 0.161 e. The minimum Gasteiger partial charge on any atom is -0.389 e. The number of aliphatic hydroxyl groups is 1. The summed E-state index contributed by atoms with van der Waals surface area (Å²) in [5.41, 5.74) is -0.453. The minimum atomic E-state index is -0.453. The lowest BCUT2D eigenvalue weighted by Crippen LogP contribution is -2.50. The normalized spacial score (nSPS) is 41.1. The quantitative estimate of drug-likeness (QED) is 0.860. The summed E-state index contributed by atoms with van der Waals surface area (Å²) < 4.78 is 11.3. The third-order valence-corrected chi connectivity index (χ3v) is 5.30. The zero-order valence-electron chi connectivity index (χ0n) is 12.7. The second-order valence-corrected chi connectivity index (χ2v) is 7.15. The van der Waals surface area contributed by atoms with E-state index in [4.69, 9.17) is 9.47 Å². The number of nitrogens with zero attached hydrogens (tertiary/aromatic N) is 1. The summed E-state index contributed by atoms with van der Waals surface area (Å²) in [5.74, 6) is 1.27. The van der Waals surface area contributed by atoms with Crippen molar-refractivity contribution < 1.29 is 14.6 Å². The fourth-order valence-corrected chi connectivity index (χ4v) is 3.98. The van der Waals surface area contributed by atoms with E-state index in [2.05, 4.69) is 11.8 Å². The Hall–Kier alpha value is -0.160. The molecule has 20 heavy (non-hydrogen) atoms. The number of likely N-dealkylation sites (tertiary alicyclic amines) is 1. The maximum atomic E-state index is 10.8. The highest BCUT2D eigenvalue weighted by Gasteiger charge is 2.37. The molecule has 2 heterocycles. The number of β-amino-alcohol motifs (C(OH)–C–C–N with tert-alkyl or cyclic N) is 1. The van der Waals surface area contributed by atoms with Gasteiger partial charge in [-0.3, -0.25) is 0 Å². The van der Waals surface area contributed by atoms with Gasteiger partial charge in [0, 0.05) is 19.0 Å². The summed E-state index contributed by atoms with van der Waals surface area (Å²) in [6.07, 6.45) is 6.65. The maximum absolute atomic E-state index is 10.8. The van der Waals surface area contributed by atoms with E-state index in [1.165, 1.54) is 25.7 Å². The van der Waals surface area contributed by atoms with Crippen LogP contribution in [0.3, 0.4) is 0 Å². The van der Waals surface area contributed by atoms with Crippen molar-refractivity contribution >= 4 is 0 Å². The second-order valence-electron chi connectivity index (χ2n) is 7.15. The van der Waals surface area contributed by atoms with Crippen molar-refractivity contribution in [2.75, 3.05) is 32.8 Å². The lowest BCUT2D eigenvalue weighted by Gasteiger charge is -2.42. The first kappa shape index (κ1) is 14.8. The molecule has 1 atom stereocenters. The predicted molar refractivity (Wildman–Crippen MR) is 77.4 cm³/mol. The summed E-state index contributed by atoms with van der Waals surface area (Å²) >= 11 is 0. The van der Waals surface area contributed by atoms with Crippen molar-refractivity contribution in [1.82, 2.24) is 4.90 Å². The standard InChI is InChI=1S/C16H29NO3/c1-13-4-6-16(18,7-5-13)12-17-8-2-3-14(11-17)15-19-9-10-20-15/h13-15,18H,2-12H2,1H3/t13?,14-,16?/m0/s1. The lowest BCUT2D eigenvalue weighted by molar-refractivity contribution is -0.110. The Balaban J connectivity index is 1.51. The van der Waals surface area contributed by atoms with Crippen LogP contribution in [0, 0.1) is 11.8 Å². The van der Waals surface area contributed by atoms with Crippen molar-refractivity contribution in [2.24, 2.45) is 11.8 Å². The Bertz CT molecular complexity index is 309. The van der Waals surface area contributed by atoms with E-state index < -0.39 is 5.60 Å². The van der Waals surface area contributed by atoms with E-state index in [-0.39, 0.29) is 6.29 Å². The van der Waals surface area contributed by atoms with Gasteiger partial charge in [-0.15, -0.1) is 0 Å². The van der Waals surface area contributed by atoms with Gasteiger partial charge < -0.3 is 19.5 Å². The number of rotatable bonds is 3. The second kappa shape index (κ2) is 6.30. The van der Waals surface area contributed by atoms with E-state index >= 15 is 0 Å². The van der Waals surface area contributed by atoms with Crippen molar-refractivity contribution in [3.63, 3.8) is 0 Å². The molecule has 2 aliphatic heterocycles. The van der Waals surface area contributed by atoms with Gasteiger partial charge in [0.2, 0.25) is 0 Å². The third-order valence-electron chi connectivity index (χ3n) is 5.30. The summed E-state index contributed by atoms with van der Waals surface area (Å²) in [6.45, 7) is 6.74. The minimum absolute atomic E-state index is 0.00109. The van der Waals surface area contributed by atoms with Crippen LogP contribution in [0.1, 0.15) is 45.4 Å². The van der Waals surface area contributed by atoms with Gasteiger partial charge >= 0.3 is 0 Å². The highest BCUT2D eigenvalue weighted by atomic mass is 16.7. The van der Waals surface area contributed by atoms with E-state index in [9.17, 15) is 5.11 Å². The zero-order valence-corrected chi connectivity index (χ0v) is 12.7. The zero-order chi connectivity index (χ0) is 14.0. The predicted octanol–water partition coefficient (Wildman–Crippen LogP) is 2.01. The molecule has 0 spiro atoms. The topological polar surface area (TPSA) is 41.9 Å². The summed E-state index contributed by atoms with van der Waals surface area (Å²) in [4.78, 5) is 2.44. The van der Waals surface area contributed by atoms with Crippen LogP contribution >= 0.6 is 0 Å². The molecule has 0 amide bonds. The highest BCUT2D eigenvalue weighted by Crippen LogP contribution is 2.34. The Labute approximate surface area is 122 Å². The van der Waals surface area contributed by atoms with Gasteiger partial charge in [0.15, 0.2) is 6.29 Å². The summed E-state index contributed by atoms with van der Waals surface area (Å²) in [5, 5.41) is 10.8. The fourth-order valence-electron chi connectivity index (χ4n) is 3.98. The largest absolute Gasteiger partial charge is 0.389 e. The van der Waals surface area contributed by atoms with Crippen molar-refractivity contribution in [3.8, 4) is 0 Å². The molecule has 3 fully saturated rings. The molecular weight excluding hydrogens is 254 g/mol. The Morgan fingerprint density at radius 3 is 2.55 bits per heavy atom. The Kier molecular flexibility index (Phi) is 4.65. The highest BCUT2D eigenvalue weighted by molar-refractivity contribution is 4.89. The summed E-state index contributed by atoms with van der Waals surface area (Å²) in [7, 11) is 0. The van der Waals surface area contributed by atoms with E-state index in [0.29, 0.717) is 5.92 Å². The molecule has 0 aromatic rings. The molecule has 0 aromatic carbocycles. The first-order chi connectivity index (χ1) is 9.65. The number of hydrogen-bond donors (Lipinski definition) is 1. The molecule has 0 aromatic heterocycles. The Morgan fingerprint density at radius 2 is 1.85 bits per heavy atom. The number of ether oxygens (including phenoxy) is 2. The van der Waals surface area contributed by atoms with Crippen LogP contribution in [0.25, 0.3) is 0 Å². The fraction of sp³-hybridized carbons (Fsp3) is 1.00. The van der Waals surface area contributed by atoms with Crippen LogP contribution in [0.4, 0.5) is 0 Å². The number of hydrogen-bond acceptors (Lipinski definition) is 4. The Morgan fingerprint density at radius 1 is 1.15 bits per heavy atom. The summed E-state index contributed by atoms with van der Waals surface area (Å²) in [6, 6.07) is 0. The lowest BCUT2D eigenvalue weighted by atomic mass is 9.79. The van der Waals surface area contributed by atoms with Gasteiger partial charge in [-0.05, 0) is 51.0 Å². The molecule has 3 rings (SSSR count). The van der Waals surface area contributed by atoms with E-state index in [0.717, 1.165) is 51.6 Å². The molecular formula is C16H29NO3. The molecule has 0 unspecified atom stereocenters. The molecule has 116 valence electrons. The van der Waals surface area contributed by atoms with Gasteiger partial charge in [-0.25, -0.2) is 0 Å². The SMILES string of the molecule is CC1CCC(O)(CN2CCC[C@H](C3OCCO3)C2)CC1. The third kappa shape index (κ3) is 3.53.